The molecule has 0 saturated heterocycles. The predicted molar refractivity (Wildman–Crippen MR) is 197 cm³/mol. The van der Waals surface area contributed by atoms with Crippen molar-refractivity contribution in [3.05, 3.63) is 114 Å². The summed E-state index contributed by atoms with van der Waals surface area (Å²) in [4.78, 5) is 29.6. The van der Waals surface area contributed by atoms with Crippen LogP contribution in [0.3, 0.4) is 0 Å². The molecule has 0 aliphatic carbocycles. The summed E-state index contributed by atoms with van der Waals surface area (Å²) >= 11 is 2.92. The molecule has 6 aromatic rings. The van der Waals surface area contributed by atoms with E-state index in [1.807, 2.05) is 36.4 Å². The lowest BCUT2D eigenvalue weighted by molar-refractivity contribution is -0.384. The minimum atomic E-state index is -0.434. The SMILES string of the molecule is C.COCOc1ccc(/C=C/c2nc3cc([N+](=O)[O-])ccc3s2)cc1OC.COc1cc(/C=C/c2nc3cc([N+](=O)[O-])ccc3s2)ccc1O. The first-order chi connectivity index (χ1) is 23.7. The molecule has 0 amide bonds. The number of methoxy groups -OCH3 is 3. The zero-order chi connectivity index (χ0) is 34.9. The second-order valence-corrected chi connectivity index (χ2v) is 12.1. The number of aromatic hydroxyl groups is 1. The average Bonchev–Trinajstić information content (AvgIpc) is 3.72. The number of fused-ring (bicyclic) bond motifs is 2. The van der Waals surface area contributed by atoms with Crippen LogP contribution in [0.25, 0.3) is 44.7 Å². The van der Waals surface area contributed by atoms with Crippen LogP contribution < -0.4 is 14.2 Å². The molecule has 2 aromatic heterocycles. The van der Waals surface area contributed by atoms with E-state index in [2.05, 4.69) is 9.97 Å². The van der Waals surface area contributed by atoms with Crippen molar-refractivity contribution in [3.63, 3.8) is 0 Å². The summed E-state index contributed by atoms with van der Waals surface area (Å²) in [5.74, 6) is 1.67. The monoisotopic (exact) mass is 716 g/mol. The van der Waals surface area contributed by atoms with Crippen molar-refractivity contribution in [2.75, 3.05) is 28.1 Å². The smallest absolute Gasteiger partial charge is 0.271 e. The summed E-state index contributed by atoms with van der Waals surface area (Å²) < 4.78 is 22.5. The van der Waals surface area contributed by atoms with E-state index in [4.69, 9.17) is 18.9 Å². The van der Waals surface area contributed by atoms with Crippen LogP contribution in [0.4, 0.5) is 11.4 Å². The summed E-state index contributed by atoms with van der Waals surface area (Å²) in [7, 11) is 4.61. The fourth-order valence-electron chi connectivity index (χ4n) is 4.40. The van der Waals surface area contributed by atoms with Gasteiger partial charge in [0, 0.05) is 31.4 Å². The molecule has 0 aliphatic rings. The molecule has 0 radical (unpaired) electrons. The summed E-state index contributed by atoms with van der Waals surface area (Å²) in [6.07, 6.45) is 7.42. The number of aromatic nitrogens is 2. The van der Waals surface area contributed by atoms with E-state index in [0.717, 1.165) is 30.5 Å². The molecule has 50 heavy (non-hydrogen) atoms. The molecule has 258 valence electrons. The molecule has 15 heteroatoms. The molecule has 4 aromatic carbocycles. The van der Waals surface area contributed by atoms with E-state index >= 15 is 0 Å². The number of rotatable bonds is 11. The molecule has 1 N–H and O–H groups in total. The van der Waals surface area contributed by atoms with Gasteiger partial charge in [0.15, 0.2) is 29.8 Å². The third-order valence-corrected chi connectivity index (χ3v) is 8.76. The van der Waals surface area contributed by atoms with Crippen LogP contribution in [-0.2, 0) is 4.74 Å². The van der Waals surface area contributed by atoms with Gasteiger partial charge >= 0.3 is 0 Å². The van der Waals surface area contributed by atoms with E-state index in [1.54, 1.807) is 50.6 Å². The Morgan fingerprint density at radius 3 is 1.66 bits per heavy atom. The van der Waals surface area contributed by atoms with Gasteiger partial charge in [-0.1, -0.05) is 31.7 Å². The topological polar surface area (TPSA) is 169 Å². The molecular formula is C35H32N4O9S2. The van der Waals surface area contributed by atoms with Gasteiger partial charge in [0.1, 0.15) is 10.0 Å². The maximum Gasteiger partial charge on any atom is 0.271 e. The Hall–Kier alpha value is -5.90. The summed E-state index contributed by atoms with van der Waals surface area (Å²) in [5.41, 5.74) is 3.05. The number of hydrogen-bond acceptors (Lipinski definition) is 13. The number of nitro groups is 2. The third kappa shape index (κ3) is 9.16. The lowest BCUT2D eigenvalue weighted by Gasteiger charge is -2.10. The number of non-ortho nitro benzene ring substituents is 2. The van der Waals surface area contributed by atoms with Gasteiger partial charge < -0.3 is 24.1 Å². The molecule has 0 unspecified atom stereocenters. The lowest BCUT2D eigenvalue weighted by Crippen LogP contribution is -2.00. The molecule has 0 spiro atoms. The summed E-state index contributed by atoms with van der Waals surface area (Å²) in [6.45, 7) is 0.142. The number of phenols is 1. The minimum absolute atomic E-state index is 0. The van der Waals surface area contributed by atoms with Gasteiger partial charge in [0.25, 0.3) is 11.4 Å². The number of benzene rings is 4. The second-order valence-electron chi connectivity index (χ2n) is 9.98. The van der Waals surface area contributed by atoms with Crippen LogP contribution in [0.15, 0.2) is 72.8 Å². The van der Waals surface area contributed by atoms with Crippen molar-refractivity contribution in [3.8, 4) is 23.0 Å². The molecule has 0 bridgehead atoms. The maximum atomic E-state index is 10.9. The number of nitrogens with zero attached hydrogens (tertiary/aromatic N) is 4. The van der Waals surface area contributed by atoms with Gasteiger partial charge in [0.2, 0.25) is 0 Å². The maximum absolute atomic E-state index is 10.9. The zero-order valence-electron chi connectivity index (χ0n) is 26.3. The Kier molecular flexibility index (Phi) is 12.5. The second kappa shape index (κ2) is 17.0. The van der Waals surface area contributed by atoms with Gasteiger partial charge in [-0.2, -0.15) is 0 Å². The van der Waals surface area contributed by atoms with Gasteiger partial charge in [-0.25, -0.2) is 9.97 Å². The number of phenolic OH excluding ortho intramolecular Hbond substituents is 1. The van der Waals surface area contributed by atoms with Crippen molar-refractivity contribution in [1.29, 1.82) is 0 Å². The normalized spacial score (nSPS) is 10.9. The quantitative estimate of drug-likeness (QED) is 0.0771. The van der Waals surface area contributed by atoms with Crippen LogP contribution in [0.2, 0.25) is 0 Å². The van der Waals surface area contributed by atoms with E-state index in [-0.39, 0.29) is 31.3 Å². The molecule has 0 atom stereocenters. The Labute approximate surface area is 294 Å². The first-order valence-electron chi connectivity index (χ1n) is 14.3. The largest absolute Gasteiger partial charge is 0.504 e. The van der Waals surface area contributed by atoms with E-state index in [1.165, 1.54) is 54.0 Å². The Morgan fingerprint density at radius 2 is 1.18 bits per heavy atom. The molecule has 0 fully saturated rings. The van der Waals surface area contributed by atoms with Crippen molar-refractivity contribution in [2.24, 2.45) is 0 Å². The van der Waals surface area contributed by atoms with Crippen LogP contribution in [-0.4, -0.2) is 53.0 Å². The van der Waals surface area contributed by atoms with Crippen LogP contribution >= 0.6 is 22.7 Å². The highest BCUT2D eigenvalue weighted by Crippen LogP contribution is 2.31. The van der Waals surface area contributed by atoms with Crippen LogP contribution in [0, 0.1) is 20.2 Å². The molecule has 2 heterocycles. The highest BCUT2D eigenvalue weighted by Gasteiger charge is 2.11. The van der Waals surface area contributed by atoms with Gasteiger partial charge in [-0.3, -0.25) is 20.2 Å². The zero-order valence-corrected chi connectivity index (χ0v) is 27.9. The van der Waals surface area contributed by atoms with E-state index in [9.17, 15) is 25.3 Å². The van der Waals surface area contributed by atoms with Crippen molar-refractivity contribution in [2.45, 2.75) is 7.43 Å². The predicted octanol–water partition coefficient (Wildman–Crippen LogP) is 9.09. The Bertz CT molecular complexity index is 2190. The highest BCUT2D eigenvalue weighted by atomic mass is 32.1. The molecule has 13 nitrogen and oxygen atoms in total. The van der Waals surface area contributed by atoms with E-state index < -0.39 is 9.85 Å². The minimum Gasteiger partial charge on any atom is -0.504 e. The van der Waals surface area contributed by atoms with Crippen LogP contribution in [0.1, 0.15) is 28.6 Å². The highest BCUT2D eigenvalue weighted by molar-refractivity contribution is 7.19. The number of ether oxygens (including phenoxy) is 4. The van der Waals surface area contributed by atoms with Crippen molar-refractivity contribution >= 4 is 78.8 Å². The van der Waals surface area contributed by atoms with Crippen molar-refractivity contribution < 1.29 is 33.9 Å². The van der Waals surface area contributed by atoms with Crippen LogP contribution in [0.5, 0.6) is 23.0 Å². The number of thiazole rings is 2. The average molecular weight is 717 g/mol. The number of nitro benzene ring substituents is 2. The first-order valence-corrected chi connectivity index (χ1v) is 15.9. The Morgan fingerprint density at radius 1 is 0.680 bits per heavy atom. The molecular weight excluding hydrogens is 685 g/mol. The summed E-state index contributed by atoms with van der Waals surface area (Å²) in [6, 6.07) is 19.9. The van der Waals surface area contributed by atoms with Gasteiger partial charge in [-0.05, 0) is 59.7 Å². The fourth-order valence-corrected chi connectivity index (χ4v) is 6.10. The first kappa shape index (κ1) is 36.9. The summed E-state index contributed by atoms with van der Waals surface area (Å²) in [5, 5.41) is 32.7. The number of hydrogen-bond donors (Lipinski definition) is 1. The van der Waals surface area contributed by atoms with Gasteiger partial charge in [-0.15, -0.1) is 22.7 Å². The Balaban J connectivity index is 0.000000222. The molecule has 0 aliphatic heterocycles. The van der Waals surface area contributed by atoms with Gasteiger partial charge in [0.05, 0.1) is 44.5 Å². The lowest BCUT2D eigenvalue weighted by atomic mass is 10.2. The molecule has 6 rings (SSSR count). The van der Waals surface area contributed by atoms with E-state index in [0.29, 0.717) is 28.3 Å². The standard InChI is InChI=1S/C18H16N2O5S.C16H12N2O4S.CH4/c1-23-11-25-15-6-3-12(9-16(15)24-2)4-8-18-19-14-10-13(20(21)22)5-7-17(14)26-18;1-22-14-8-10(2-5-13(14)19)3-7-16-17-12-9-11(18(20)21)4-6-15(12)23-16;/h3-10H,11H2,1-2H3;2-9,19H,1H3;1H4/b8-4+;7-3+;. The van der Waals surface area contributed by atoms with Crippen molar-refractivity contribution in [1.82, 2.24) is 9.97 Å². The third-order valence-electron chi connectivity index (χ3n) is 6.76. The fraction of sp³-hybridized carbons (Fsp3) is 0.143. The molecule has 0 saturated carbocycles.